The van der Waals surface area contributed by atoms with Crippen molar-refractivity contribution in [3.8, 4) is 5.69 Å². The van der Waals surface area contributed by atoms with Crippen LogP contribution in [-0.4, -0.2) is 19.6 Å². The number of hydrogen-bond donors (Lipinski definition) is 1. The van der Waals surface area contributed by atoms with E-state index >= 15 is 0 Å². The molecule has 0 spiro atoms. The molecule has 0 aliphatic heterocycles. The molecule has 2 N–H and O–H groups in total. The molecule has 0 bridgehead atoms. The molecule has 0 amide bonds. The van der Waals surface area contributed by atoms with Crippen molar-refractivity contribution in [2.45, 2.75) is 6.04 Å². The molecule has 5 nitrogen and oxygen atoms in total. The van der Waals surface area contributed by atoms with Gasteiger partial charge in [0.15, 0.2) is 0 Å². The number of nitrogens with two attached hydrogens (primary N) is 1. The fourth-order valence-corrected chi connectivity index (χ4v) is 2.08. The van der Waals surface area contributed by atoms with E-state index < -0.39 is 0 Å². The number of aromatic nitrogens is 4. The predicted octanol–water partition coefficient (Wildman–Crippen LogP) is 1.65. The number of aryl methyl sites for hydroxylation is 1. The third-order valence-electron chi connectivity index (χ3n) is 3.04. The Labute approximate surface area is 111 Å². The topological polar surface area (TPSA) is 61.7 Å². The van der Waals surface area contributed by atoms with Gasteiger partial charge in [-0.25, -0.2) is 4.68 Å². The van der Waals surface area contributed by atoms with Crippen molar-refractivity contribution >= 4 is 0 Å². The van der Waals surface area contributed by atoms with Crippen molar-refractivity contribution in [1.29, 1.82) is 0 Å². The molecule has 2 aromatic heterocycles. The number of benzene rings is 1. The number of para-hydroxylation sites is 1. The summed E-state index contributed by atoms with van der Waals surface area (Å²) in [6.45, 7) is 0. The number of nitrogens with zero attached hydrogens (tertiary/aromatic N) is 4. The Morgan fingerprint density at radius 2 is 1.89 bits per heavy atom. The van der Waals surface area contributed by atoms with E-state index in [2.05, 4.69) is 10.2 Å². The van der Waals surface area contributed by atoms with Crippen LogP contribution in [0.1, 0.15) is 17.4 Å². The molecule has 0 aliphatic carbocycles. The second kappa shape index (κ2) is 4.70. The van der Waals surface area contributed by atoms with E-state index in [4.69, 9.17) is 5.73 Å². The first-order chi connectivity index (χ1) is 9.25. The Morgan fingerprint density at radius 1 is 1.11 bits per heavy atom. The van der Waals surface area contributed by atoms with Crippen LogP contribution < -0.4 is 5.73 Å². The van der Waals surface area contributed by atoms with Crippen LogP contribution in [0.25, 0.3) is 5.69 Å². The molecular weight excluding hydrogens is 238 g/mol. The molecule has 3 rings (SSSR count). The molecule has 5 heteroatoms. The van der Waals surface area contributed by atoms with Gasteiger partial charge in [0.25, 0.3) is 0 Å². The molecule has 0 aliphatic rings. The van der Waals surface area contributed by atoms with Gasteiger partial charge in [-0.2, -0.15) is 10.2 Å². The van der Waals surface area contributed by atoms with E-state index in [9.17, 15) is 0 Å². The highest BCUT2D eigenvalue weighted by Crippen LogP contribution is 2.20. The van der Waals surface area contributed by atoms with Gasteiger partial charge in [-0.3, -0.25) is 4.68 Å². The van der Waals surface area contributed by atoms with Gasteiger partial charge < -0.3 is 5.73 Å². The van der Waals surface area contributed by atoms with E-state index in [-0.39, 0.29) is 6.04 Å². The van der Waals surface area contributed by atoms with Crippen molar-refractivity contribution < 1.29 is 0 Å². The maximum atomic E-state index is 6.28. The van der Waals surface area contributed by atoms with Crippen LogP contribution in [-0.2, 0) is 7.05 Å². The monoisotopic (exact) mass is 253 g/mol. The fraction of sp³-hybridized carbons (Fsp3) is 0.143. The molecule has 0 radical (unpaired) electrons. The highest BCUT2D eigenvalue weighted by Gasteiger charge is 2.16. The Bertz CT molecular complexity index is 668. The van der Waals surface area contributed by atoms with Crippen LogP contribution in [0.4, 0.5) is 0 Å². The maximum Gasteiger partial charge on any atom is 0.0920 e. The minimum Gasteiger partial charge on any atom is -0.318 e. The van der Waals surface area contributed by atoms with Crippen molar-refractivity contribution in [2.24, 2.45) is 12.8 Å². The zero-order chi connectivity index (χ0) is 13.2. The lowest BCUT2D eigenvalue weighted by Crippen LogP contribution is -2.17. The van der Waals surface area contributed by atoms with Crippen molar-refractivity contribution in [1.82, 2.24) is 19.6 Å². The SMILES string of the molecule is Cn1ccc(C(N)c2ccnn2-c2ccccc2)n1. The summed E-state index contributed by atoms with van der Waals surface area (Å²) in [6, 6.07) is 13.5. The molecule has 1 atom stereocenters. The first-order valence-electron chi connectivity index (χ1n) is 6.10. The van der Waals surface area contributed by atoms with E-state index in [1.54, 1.807) is 10.9 Å². The molecule has 0 saturated carbocycles. The molecule has 19 heavy (non-hydrogen) atoms. The first kappa shape index (κ1) is 11.7. The van der Waals surface area contributed by atoms with Gasteiger partial charge in [0.1, 0.15) is 0 Å². The van der Waals surface area contributed by atoms with Crippen LogP contribution in [0.15, 0.2) is 54.9 Å². The number of hydrogen-bond acceptors (Lipinski definition) is 3. The highest BCUT2D eigenvalue weighted by atomic mass is 15.3. The summed E-state index contributed by atoms with van der Waals surface area (Å²) >= 11 is 0. The second-order valence-corrected chi connectivity index (χ2v) is 4.40. The summed E-state index contributed by atoms with van der Waals surface area (Å²) in [6.07, 6.45) is 3.64. The van der Waals surface area contributed by atoms with Crippen molar-refractivity contribution in [2.75, 3.05) is 0 Å². The van der Waals surface area contributed by atoms with Gasteiger partial charge in [-0.1, -0.05) is 18.2 Å². The standard InChI is InChI=1S/C14H15N5/c1-18-10-8-12(17-18)14(15)13-7-9-16-19(13)11-5-3-2-4-6-11/h2-10,14H,15H2,1H3. The largest absolute Gasteiger partial charge is 0.318 e. The summed E-state index contributed by atoms with van der Waals surface area (Å²) in [5, 5.41) is 8.69. The average molecular weight is 253 g/mol. The zero-order valence-electron chi connectivity index (χ0n) is 10.6. The third-order valence-corrected chi connectivity index (χ3v) is 3.04. The molecule has 0 fully saturated rings. The summed E-state index contributed by atoms with van der Waals surface area (Å²) < 4.78 is 3.60. The summed E-state index contributed by atoms with van der Waals surface area (Å²) in [7, 11) is 1.88. The maximum absolute atomic E-state index is 6.28. The minimum atomic E-state index is -0.288. The average Bonchev–Trinajstić information content (AvgIpc) is 3.07. The predicted molar refractivity (Wildman–Crippen MR) is 72.8 cm³/mol. The van der Waals surface area contributed by atoms with Gasteiger partial charge in [0.2, 0.25) is 0 Å². The fourth-order valence-electron chi connectivity index (χ4n) is 2.08. The van der Waals surface area contributed by atoms with E-state index in [0.717, 1.165) is 17.1 Å². The lowest BCUT2D eigenvalue weighted by Gasteiger charge is -2.12. The van der Waals surface area contributed by atoms with Crippen LogP contribution in [0, 0.1) is 0 Å². The van der Waals surface area contributed by atoms with Crippen LogP contribution in [0.2, 0.25) is 0 Å². The van der Waals surface area contributed by atoms with Gasteiger partial charge >= 0.3 is 0 Å². The normalized spacial score (nSPS) is 12.5. The molecule has 1 unspecified atom stereocenters. The smallest absolute Gasteiger partial charge is 0.0920 e. The highest BCUT2D eigenvalue weighted by molar-refractivity contribution is 5.34. The second-order valence-electron chi connectivity index (χ2n) is 4.40. The number of rotatable bonds is 3. The lowest BCUT2D eigenvalue weighted by atomic mass is 10.1. The van der Waals surface area contributed by atoms with E-state index in [1.807, 2.05) is 60.4 Å². The van der Waals surface area contributed by atoms with Crippen molar-refractivity contribution in [3.05, 3.63) is 66.2 Å². The molecule has 0 saturated heterocycles. The molecule has 96 valence electrons. The molecular formula is C14H15N5. The minimum absolute atomic E-state index is 0.288. The van der Waals surface area contributed by atoms with Gasteiger partial charge in [0, 0.05) is 19.4 Å². The van der Waals surface area contributed by atoms with Crippen LogP contribution in [0.5, 0.6) is 0 Å². The molecule has 2 heterocycles. The Balaban J connectivity index is 2.01. The third kappa shape index (κ3) is 2.15. The summed E-state index contributed by atoms with van der Waals surface area (Å²) in [5.74, 6) is 0. The Hall–Kier alpha value is -2.40. The zero-order valence-corrected chi connectivity index (χ0v) is 10.6. The summed E-state index contributed by atoms with van der Waals surface area (Å²) in [5.41, 5.74) is 9.02. The quantitative estimate of drug-likeness (QED) is 0.772. The molecule has 3 aromatic rings. The van der Waals surface area contributed by atoms with Gasteiger partial charge in [0.05, 0.1) is 23.1 Å². The Kier molecular flexibility index (Phi) is 2.89. The summed E-state index contributed by atoms with van der Waals surface area (Å²) in [4.78, 5) is 0. The van der Waals surface area contributed by atoms with E-state index in [1.165, 1.54) is 0 Å². The van der Waals surface area contributed by atoms with Crippen LogP contribution in [0.3, 0.4) is 0 Å². The first-order valence-corrected chi connectivity index (χ1v) is 6.10. The van der Waals surface area contributed by atoms with Gasteiger partial charge in [-0.05, 0) is 24.3 Å². The van der Waals surface area contributed by atoms with Crippen LogP contribution >= 0.6 is 0 Å². The van der Waals surface area contributed by atoms with Crippen molar-refractivity contribution in [3.63, 3.8) is 0 Å². The lowest BCUT2D eigenvalue weighted by molar-refractivity contribution is 0.683. The van der Waals surface area contributed by atoms with E-state index in [0.29, 0.717) is 0 Å². The Morgan fingerprint density at radius 3 is 2.58 bits per heavy atom. The van der Waals surface area contributed by atoms with Gasteiger partial charge in [-0.15, -0.1) is 0 Å². The molecule has 1 aromatic carbocycles.